The largest absolute Gasteiger partial charge is 0.477 e. The second-order valence-corrected chi connectivity index (χ2v) is 4.83. The van der Waals surface area contributed by atoms with Gasteiger partial charge in [-0.25, -0.2) is 9.48 Å². The molecule has 0 aliphatic heterocycles. The van der Waals surface area contributed by atoms with Crippen LogP contribution in [-0.2, 0) is 17.5 Å². The van der Waals surface area contributed by atoms with E-state index in [0.29, 0.717) is 6.07 Å². The Bertz CT molecular complexity index is 758. The predicted octanol–water partition coefficient (Wildman–Crippen LogP) is 2.89. The molecule has 2 aromatic rings. The molecule has 6 nitrogen and oxygen atoms in total. The Labute approximate surface area is 132 Å². The molecule has 1 amide bonds. The van der Waals surface area contributed by atoms with Crippen LogP contribution in [0.2, 0.25) is 5.02 Å². The molecule has 0 radical (unpaired) electrons. The fraction of sp³-hybridized carbons (Fsp3) is 0.154. The second kappa shape index (κ2) is 6.29. The number of amides is 1. The first-order valence-corrected chi connectivity index (χ1v) is 6.48. The quantitative estimate of drug-likeness (QED) is 0.890. The Hall–Kier alpha value is -2.55. The lowest BCUT2D eigenvalue weighted by atomic mass is 10.2. The third-order valence-corrected chi connectivity index (χ3v) is 3.13. The van der Waals surface area contributed by atoms with Crippen molar-refractivity contribution in [1.82, 2.24) is 9.78 Å². The molecular weight excluding hydrogens is 339 g/mol. The predicted molar refractivity (Wildman–Crippen MR) is 74.3 cm³/mol. The Morgan fingerprint density at radius 1 is 1.30 bits per heavy atom. The number of halogens is 4. The van der Waals surface area contributed by atoms with Crippen LogP contribution in [0, 0.1) is 0 Å². The third-order valence-electron chi connectivity index (χ3n) is 2.80. The van der Waals surface area contributed by atoms with Crippen LogP contribution < -0.4 is 5.32 Å². The van der Waals surface area contributed by atoms with Crippen molar-refractivity contribution in [2.45, 2.75) is 12.7 Å². The topological polar surface area (TPSA) is 84.2 Å². The highest BCUT2D eigenvalue weighted by atomic mass is 35.5. The van der Waals surface area contributed by atoms with Crippen LogP contribution in [0.1, 0.15) is 16.1 Å². The number of hydrogen-bond acceptors (Lipinski definition) is 3. The number of carbonyl (C=O) groups is 2. The zero-order chi connectivity index (χ0) is 17.2. The van der Waals surface area contributed by atoms with E-state index < -0.39 is 30.2 Å². The summed E-state index contributed by atoms with van der Waals surface area (Å²) in [6, 6.07) is 3.68. The van der Waals surface area contributed by atoms with Crippen LogP contribution in [0.15, 0.2) is 30.5 Å². The van der Waals surface area contributed by atoms with Crippen LogP contribution >= 0.6 is 11.6 Å². The summed E-state index contributed by atoms with van der Waals surface area (Å²) in [5.74, 6) is -2.05. The van der Waals surface area contributed by atoms with Gasteiger partial charge in [-0.1, -0.05) is 11.6 Å². The zero-order valence-corrected chi connectivity index (χ0v) is 12.0. The number of nitrogens with one attached hydrogen (secondary N) is 1. The molecule has 1 heterocycles. The fourth-order valence-electron chi connectivity index (χ4n) is 1.76. The molecule has 2 rings (SSSR count). The molecule has 0 unspecified atom stereocenters. The van der Waals surface area contributed by atoms with Gasteiger partial charge in [-0.15, -0.1) is 0 Å². The average molecular weight is 348 g/mol. The van der Waals surface area contributed by atoms with Gasteiger partial charge < -0.3 is 10.4 Å². The van der Waals surface area contributed by atoms with E-state index in [1.807, 2.05) is 0 Å². The van der Waals surface area contributed by atoms with Crippen molar-refractivity contribution >= 4 is 29.2 Å². The molecule has 0 saturated heterocycles. The number of alkyl halides is 3. The van der Waals surface area contributed by atoms with E-state index >= 15 is 0 Å². The monoisotopic (exact) mass is 347 g/mol. The Morgan fingerprint density at radius 3 is 2.61 bits per heavy atom. The molecule has 0 fully saturated rings. The van der Waals surface area contributed by atoms with Crippen molar-refractivity contribution in [3.63, 3.8) is 0 Å². The molecule has 0 saturated carbocycles. The molecule has 1 aromatic carbocycles. The number of anilines is 1. The number of benzene rings is 1. The number of carboxylic acids is 1. The number of nitrogens with zero attached hydrogens (tertiary/aromatic N) is 2. The van der Waals surface area contributed by atoms with Crippen molar-refractivity contribution in [3.05, 3.63) is 46.7 Å². The van der Waals surface area contributed by atoms with Crippen molar-refractivity contribution in [1.29, 1.82) is 0 Å². The van der Waals surface area contributed by atoms with Crippen molar-refractivity contribution in [2.24, 2.45) is 0 Å². The first-order chi connectivity index (χ1) is 10.7. The highest BCUT2D eigenvalue weighted by molar-refractivity contribution is 6.33. The highest BCUT2D eigenvalue weighted by Crippen LogP contribution is 2.33. The summed E-state index contributed by atoms with van der Waals surface area (Å²) in [7, 11) is 0. The fourth-order valence-corrected chi connectivity index (χ4v) is 1.93. The summed E-state index contributed by atoms with van der Waals surface area (Å²) in [6.07, 6.45) is -3.39. The maximum absolute atomic E-state index is 12.6. The van der Waals surface area contributed by atoms with Crippen molar-refractivity contribution in [2.75, 3.05) is 5.32 Å². The minimum Gasteiger partial charge on any atom is -0.477 e. The minimum absolute atomic E-state index is 0.0785. The van der Waals surface area contributed by atoms with E-state index in [9.17, 15) is 22.8 Å². The molecule has 0 aliphatic carbocycles. The summed E-state index contributed by atoms with van der Waals surface area (Å²) in [6.45, 7) is -0.485. The van der Waals surface area contributed by atoms with Crippen LogP contribution in [0.25, 0.3) is 0 Å². The molecule has 1 aromatic heterocycles. The molecule has 122 valence electrons. The Balaban J connectivity index is 2.17. The van der Waals surface area contributed by atoms with E-state index in [4.69, 9.17) is 16.7 Å². The van der Waals surface area contributed by atoms with Crippen molar-refractivity contribution < 1.29 is 27.9 Å². The van der Waals surface area contributed by atoms with E-state index in [0.717, 1.165) is 16.8 Å². The van der Waals surface area contributed by atoms with Crippen molar-refractivity contribution in [3.8, 4) is 0 Å². The molecule has 0 bridgehead atoms. The highest BCUT2D eigenvalue weighted by Gasteiger charge is 2.31. The number of aromatic nitrogens is 2. The number of carbonyl (C=O) groups excluding carboxylic acids is 1. The molecular formula is C13H9ClF3N3O3. The van der Waals surface area contributed by atoms with E-state index in [-0.39, 0.29) is 16.4 Å². The van der Waals surface area contributed by atoms with Gasteiger partial charge in [0.2, 0.25) is 5.91 Å². The SMILES string of the molecule is O=C(Cn1nccc1C(=O)O)Nc1cc(C(F)(F)F)ccc1Cl. The van der Waals surface area contributed by atoms with Gasteiger partial charge >= 0.3 is 12.1 Å². The van der Waals surface area contributed by atoms with Crippen LogP contribution in [0.4, 0.5) is 18.9 Å². The lowest BCUT2D eigenvalue weighted by molar-refractivity contribution is -0.137. The van der Waals surface area contributed by atoms with Gasteiger partial charge in [0.1, 0.15) is 12.2 Å². The number of carboxylic acid groups (broad SMARTS) is 1. The van der Waals surface area contributed by atoms with Crippen LogP contribution in [0.5, 0.6) is 0 Å². The molecule has 2 N–H and O–H groups in total. The van der Waals surface area contributed by atoms with E-state index in [1.54, 1.807) is 0 Å². The summed E-state index contributed by atoms with van der Waals surface area (Å²) < 4.78 is 38.8. The summed E-state index contributed by atoms with van der Waals surface area (Å²) in [5, 5.41) is 14.7. The maximum Gasteiger partial charge on any atom is 0.416 e. The summed E-state index contributed by atoms with van der Waals surface area (Å²) in [4.78, 5) is 22.8. The van der Waals surface area contributed by atoms with Gasteiger partial charge in [0.25, 0.3) is 0 Å². The Morgan fingerprint density at radius 2 is 2.00 bits per heavy atom. The van der Waals surface area contributed by atoms with Gasteiger partial charge in [-0.2, -0.15) is 18.3 Å². The van der Waals surface area contributed by atoms with Crippen LogP contribution in [-0.4, -0.2) is 26.8 Å². The smallest absolute Gasteiger partial charge is 0.416 e. The third kappa shape index (κ3) is 4.01. The zero-order valence-electron chi connectivity index (χ0n) is 11.3. The second-order valence-electron chi connectivity index (χ2n) is 4.42. The Kier molecular flexibility index (Phi) is 4.60. The normalized spacial score (nSPS) is 11.3. The molecule has 0 spiro atoms. The first-order valence-electron chi connectivity index (χ1n) is 6.10. The average Bonchev–Trinajstić information content (AvgIpc) is 2.88. The van der Waals surface area contributed by atoms with Gasteiger partial charge in [-0.3, -0.25) is 4.79 Å². The van der Waals surface area contributed by atoms with Gasteiger partial charge in [0.15, 0.2) is 0 Å². The lowest BCUT2D eigenvalue weighted by Crippen LogP contribution is -2.22. The van der Waals surface area contributed by atoms with Crippen LogP contribution in [0.3, 0.4) is 0 Å². The number of aromatic carboxylic acids is 1. The van der Waals surface area contributed by atoms with Gasteiger partial charge in [0, 0.05) is 6.20 Å². The summed E-state index contributed by atoms with van der Waals surface area (Å²) >= 11 is 5.76. The minimum atomic E-state index is -4.58. The van der Waals surface area contributed by atoms with Gasteiger partial charge in [-0.05, 0) is 24.3 Å². The first kappa shape index (κ1) is 16.8. The number of rotatable bonds is 4. The summed E-state index contributed by atoms with van der Waals surface area (Å²) in [5.41, 5.74) is -1.42. The number of hydrogen-bond donors (Lipinski definition) is 2. The molecule has 23 heavy (non-hydrogen) atoms. The molecule has 0 atom stereocenters. The van der Waals surface area contributed by atoms with Gasteiger partial charge in [0.05, 0.1) is 16.3 Å². The van der Waals surface area contributed by atoms with E-state index in [2.05, 4.69) is 10.4 Å². The molecule has 10 heteroatoms. The lowest BCUT2D eigenvalue weighted by Gasteiger charge is -2.12. The van der Waals surface area contributed by atoms with E-state index in [1.165, 1.54) is 12.3 Å². The maximum atomic E-state index is 12.6. The standard InChI is InChI=1S/C13H9ClF3N3O3/c14-8-2-1-7(13(15,16)17)5-9(8)19-11(21)6-20-10(12(22)23)3-4-18-20/h1-5H,6H2,(H,19,21)(H,22,23). The molecule has 0 aliphatic rings.